The number of hydrogen-bond donors (Lipinski definition) is 4. The highest BCUT2D eigenvalue weighted by atomic mass is 19.4. The van der Waals surface area contributed by atoms with E-state index in [4.69, 9.17) is 29.2 Å². The van der Waals surface area contributed by atoms with E-state index < -0.39 is 47.8 Å². The van der Waals surface area contributed by atoms with Gasteiger partial charge in [-0.05, 0) is 18.6 Å². The molecule has 1 aromatic rings. The van der Waals surface area contributed by atoms with Crippen molar-refractivity contribution < 1.29 is 66.4 Å². The van der Waals surface area contributed by atoms with Gasteiger partial charge in [0, 0.05) is 18.7 Å². The summed E-state index contributed by atoms with van der Waals surface area (Å²) in [6, 6.07) is 3.84. The number of amides is 4. The van der Waals surface area contributed by atoms with E-state index in [1.165, 1.54) is 6.07 Å². The Labute approximate surface area is 230 Å². The Morgan fingerprint density at radius 1 is 0.951 bits per heavy atom. The van der Waals surface area contributed by atoms with Crippen LogP contribution in [-0.4, -0.2) is 109 Å². The lowest BCUT2D eigenvalue weighted by Crippen LogP contribution is -2.54. The molecule has 17 heteroatoms. The first-order valence-electron chi connectivity index (χ1n) is 12.2. The predicted octanol–water partition coefficient (Wildman–Crippen LogP) is 0.657. The summed E-state index contributed by atoms with van der Waals surface area (Å²) < 4.78 is 47.6. The molecule has 0 bridgehead atoms. The smallest absolute Gasteiger partial charge is 0.481 e. The van der Waals surface area contributed by atoms with Crippen molar-refractivity contribution in [2.75, 3.05) is 51.5 Å². The van der Waals surface area contributed by atoms with Gasteiger partial charge in [-0.1, -0.05) is 6.07 Å². The summed E-state index contributed by atoms with van der Waals surface area (Å²) in [7, 11) is 0. The molecule has 0 saturated carbocycles. The third kappa shape index (κ3) is 10.1. The number of nitrogens with one attached hydrogen (secondary N) is 2. The van der Waals surface area contributed by atoms with Gasteiger partial charge < -0.3 is 29.7 Å². The topological polar surface area (TPSA) is 198 Å². The summed E-state index contributed by atoms with van der Waals surface area (Å²) in [6.45, 7) is 2.15. The first-order chi connectivity index (χ1) is 19.3. The maximum absolute atomic E-state index is 13.0. The van der Waals surface area contributed by atoms with Crippen LogP contribution in [0.25, 0.3) is 0 Å². The molecule has 4 N–H and O–H groups in total. The number of ether oxygens (including phenoxy) is 3. The van der Waals surface area contributed by atoms with Crippen LogP contribution in [0.3, 0.4) is 0 Å². The highest BCUT2D eigenvalue weighted by Crippen LogP contribution is 2.32. The van der Waals surface area contributed by atoms with Crippen LogP contribution in [0.4, 0.5) is 18.9 Å². The molecule has 0 aromatic heterocycles. The fourth-order valence-electron chi connectivity index (χ4n) is 3.62. The van der Waals surface area contributed by atoms with Crippen molar-refractivity contribution in [2.45, 2.75) is 31.5 Å². The molecule has 1 aromatic carbocycles. The number of carboxylic acids is 2. The number of piperidine rings is 1. The van der Waals surface area contributed by atoms with Crippen LogP contribution in [0.5, 0.6) is 0 Å². The van der Waals surface area contributed by atoms with E-state index >= 15 is 0 Å². The van der Waals surface area contributed by atoms with E-state index in [-0.39, 0.29) is 37.0 Å². The number of benzene rings is 1. The second-order valence-electron chi connectivity index (χ2n) is 8.39. The molecule has 2 aliphatic heterocycles. The minimum atomic E-state index is -5.08. The minimum Gasteiger partial charge on any atom is -0.481 e. The lowest BCUT2D eigenvalue weighted by atomic mass is 10.0. The molecular weight excluding hydrogens is 563 g/mol. The van der Waals surface area contributed by atoms with Gasteiger partial charge in [0.15, 0.2) is 0 Å². The number of nitrogens with zero attached hydrogens (tertiary/aromatic N) is 1. The Bertz CT molecular complexity index is 1140. The van der Waals surface area contributed by atoms with E-state index in [2.05, 4.69) is 10.6 Å². The number of fused-ring (bicyclic) bond motifs is 1. The monoisotopic (exact) mass is 591 g/mol. The predicted molar refractivity (Wildman–Crippen MR) is 130 cm³/mol. The molecule has 0 aliphatic carbocycles. The summed E-state index contributed by atoms with van der Waals surface area (Å²) in [4.78, 5) is 69.6. The second-order valence-corrected chi connectivity index (χ2v) is 8.39. The zero-order chi connectivity index (χ0) is 30.6. The van der Waals surface area contributed by atoms with E-state index in [1.54, 1.807) is 12.1 Å². The Hall–Kier alpha value is -4.09. The molecule has 1 fully saturated rings. The van der Waals surface area contributed by atoms with Crippen molar-refractivity contribution in [3.05, 3.63) is 29.3 Å². The maximum Gasteiger partial charge on any atom is 0.490 e. The van der Waals surface area contributed by atoms with E-state index in [1.807, 2.05) is 0 Å². The summed E-state index contributed by atoms with van der Waals surface area (Å²) >= 11 is 0. The molecule has 0 spiro atoms. The van der Waals surface area contributed by atoms with Crippen LogP contribution < -0.4 is 10.6 Å². The molecule has 4 amide bonds. The first kappa shape index (κ1) is 33.1. The minimum absolute atomic E-state index is 0.0462. The number of hydrogen-bond acceptors (Lipinski definition) is 10. The van der Waals surface area contributed by atoms with Crippen LogP contribution in [0.15, 0.2) is 18.2 Å². The Morgan fingerprint density at radius 2 is 1.54 bits per heavy atom. The largest absolute Gasteiger partial charge is 0.490 e. The molecule has 41 heavy (non-hydrogen) atoms. The third-order valence-corrected chi connectivity index (χ3v) is 5.48. The molecule has 0 radical (unpaired) electrons. The number of anilines is 1. The van der Waals surface area contributed by atoms with Crippen molar-refractivity contribution in [2.24, 2.45) is 0 Å². The molecular formula is C24H28F3N3O11. The maximum atomic E-state index is 13.0. The SMILES string of the molecule is O=C(O)C(F)(F)F.O=C(O)CCOCCOCCOCCNc1cccc2c1C(=O)N(C1CCC(=O)NC1=O)C2=O. The number of carboxylic acid groups (broad SMARTS) is 2. The van der Waals surface area contributed by atoms with Gasteiger partial charge in [-0.3, -0.25) is 34.2 Å². The average Bonchev–Trinajstić information content (AvgIpc) is 3.14. The fourth-order valence-corrected chi connectivity index (χ4v) is 3.62. The highest BCUT2D eigenvalue weighted by molar-refractivity contribution is 6.25. The van der Waals surface area contributed by atoms with Crippen molar-refractivity contribution in [3.8, 4) is 0 Å². The van der Waals surface area contributed by atoms with Gasteiger partial charge in [-0.25, -0.2) is 4.79 Å². The Morgan fingerprint density at radius 3 is 2.10 bits per heavy atom. The van der Waals surface area contributed by atoms with Crippen LogP contribution in [0, 0.1) is 0 Å². The normalized spacial score (nSPS) is 16.6. The quantitative estimate of drug-likeness (QED) is 0.174. The van der Waals surface area contributed by atoms with Crippen molar-refractivity contribution in [1.29, 1.82) is 0 Å². The van der Waals surface area contributed by atoms with Crippen LogP contribution in [0.1, 0.15) is 40.0 Å². The number of rotatable bonds is 14. The van der Waals surface area contributed by atoms with Crippen molar-refractivity contribution in [1.82, 2.24) is 10.2 Å². The molecule has 1 unspecified atom stereocenters. The van der Waals surface area contributed by atoms with Crippen LogP contribution in [0.2, 0.25) is 0 Å². The Balaban J connectivity index is 0.000000745. The number of alkyl halides is 3. The van der Waals surface area contributed by atoms with Crippen LogP contribution >= 0.6 is 0 Å². The van der Waals surface area contributed by atoms with Crippen LogP contribution in [-0.2, 0) is 33.4 Å². The van der Waals surface area contributed by atoms with Gasteiger partial charge >= 0.3 is 18.1 Å². The van der Waals surface area contributed by atoms with E-state index in [9.17, 15) is 37.1 Å². The lowest BCUT2D eigenvalue weighted by molar-refractivity contribution is -0.192. The molecule has 14 nitrogen and oxygen atoms in total. The van der Waals surface area contributed by atoms with Crippen molar-refractivity contribution >= 4 is 41.3 Å². The average molecular weight is 591 g/mol. The molecule has 2 heterocycles. The molecule has 2 aliphatic rings. The zero-order valence-corrected chi connectivity index (χ0v) is 21.5. The Kier molecular flexibility index (Phi) is 12.6. The lowest BCUT2D eigenvalue weighted by Gasteiger charge is -2.27. The molecule has 226 valence electrons. The van der Waals surface area contributed by atoms with E-state index in [0.717, 1.165) is 4.90 Å². The van der Waals surface area contributed by atoms with Gasteiger partial charge in [0.2, 0.25) is 11.8 Å². The number of imide groups is 2. The molecule has 1 saturated heterocycles. The third-order valence-electron chi connectivity index (χ3n) is 5.48. The van der Waals surface area contributed by atoms with Crippen molar-refractivity contribution in [3.63, 3.8) is 0 Å². The summed E-state index contributed by atoms with van der Waals surface area (Å²) in [5.41, 5.74) is 0.868. The summed E-state index contributed by atoms with van der Waals surface area (Å²) in [5.74, 6) is -5.87. The standard InChI is InChI=1S/C22H27N3O9.C2HF3O2/c26-17-5-4-16(20(29)24-17)25-21(30)14-2-1-3-15(19(14)22(25)31)23-7-9-33-11-13-34-12-10-32-8-6-18(27)28;3-2(4,5)1(6)7/h1-3,16,23H,4-13H2,(H,27,28)(H,24,26,29);(H,6,7). The number of carbonyl (C=O) groups is 6. The van der Waals surface area contributed by atoms with Gasteiger partial charge in [-0.15, -0.1) is 0 Å². The summed E-state index contributed by atoms with van der Waals surface area (Å²) in [5, 5.41) is 20.9. The van der Waals surface area contributed by atoms with Gasteiger partial charge in [0.05, 0.1) is 57.2 Å². The molecule has 1 atom stereocenters. The summed E-state index contributed by atoms with van der Waals surface area (Å²) in [6.07, 6.45) is -4.97. The first-order valence-corrected chi connectivity index (χ1v) is 12.2. The number of aliphatic carboxylic acids is 2. The molecule has 3 rings (SSSR count). The van der Waals surface area contributed by atoms with E-state index in [0.29, 0.717) is 45.3 Å². The number of halogens is 3. The highest BCUT2D eigenvalue weighted by Gasteiger charge is 2.45. The van der Waals surface area contributed by atoms with Gasteiger partial charge in [-0.2, -0.15) is 13.2 Å². The van der Waals surface area contributed by atoms with Gasteiger partial charge in [0.1, 0.15) is 6.04 Å². The van der Waals surface area contributed by atoms with Gasteiger partial charge in [0.25, 0.3) is 11.8 Å². The zero-order valence-electron chi connectivity index (χ0n) is 21.5. The fraction of sp³-hybridized carbons (Fsp3) is 0.500. The number of carbonyl (C=O) groups excluding carboxylic acids is 4. The second kappa shape index (κ2) is 15.6.